The summed E-state index contributed by atoms with van der Waals surface area (Å²) in [6.07, 6.45) is 0. The summed E-state index contributed by atoms with van der Waals surface area (Å²) in [4.78, 5) is 0.0820. The van der Waals surface area contributed by atoms with Crippen molar-refractivity contribution in [2.45, 2.75) is 18.7 Å². The van der Waals surface area contributed by atoms with Gasteiger partial charge in [0.15, 0.2) is 0 Å². The van der Waals surface area contributed by atoms with Crippen molar-refractivity contribution in [1.29, 1.82) is 0 Å². The molecule has 0 bridgehead atoms. The van der Waals surface area contributed by atoms with Crippen LogP contribution in [-0.4, -0.2) is 8.42 Å². The van der Waals surface area contributed by atoms with Gasteiger partial charge in [-0.05, 0) is 49.2 Å². The third-order valence-electron chi connectivity index (χ3n) is 3.15. The van der Waals surface area contributed by atoms with E-state index in [1.165, 1.54) is 0 Å². The Bertz CT molecular complexity index is 807. The number of nitrogen functional groups attached to an aromatic ring is 1. The second-order valence-corrected chi connectivity index (χ2v) is 7.60. The van der Waals surface area contributed by atoms with Gasteiger partial charge in [-0.3, -0.25) is 4.72 Å². The minimum atomic E-state index is -3.82. The monoisotopic (exact) mass is 388 g/mol. The molecule has 0 atom stereocenters. The van der Waals surface area contributed by atoms with Gasteiger partial charge in [-0.1, -0.05) is 33.6 Å². The van der Waals surface area contributed by atoms with Crippen LogP contribution in [0.5, 0.6) is 0 Å². The highest BCUT2D eigenvalue weighted by atomic mass is 79.9. The molecule has 0 aliphatic heterocycles. The largest absolute Gasteiger partial charge is 0.398 e. The van der Waals surface area contributed by atoms with Gasteiger partial charge in [0.2, 0.25) is 0 Å². The Labute approximate surface area is 137 Å². The Morgan fingerprint density at radius 2 is 1.86 bits per heavy atom. The van der Waals surface area contributed by atoms with E-state index in [0.717, 1.165) is 10.0 Å². The van der Waals surface area contributed by atoms with Crippen LogP contribution in [0.2, 0.25) is 5.02 Å². The SMILES string of the molecule is Cc1ccc(N)c(S(=O)(=O)Nc2cc(Br)ccc2Cl)c1C. The van der Waals surface area contributed by atoms with Crippen LogP contribution < -0.4 is 10.5 Å². The molecule has 2 aromatic rings. The Balaban J connectivity index is 2.54. The molecule has 7 heteroatoms. The maximum atomic E-state index is 12.6. The van der Waals surface area contributed by atoms with Crippen LogP contribution in [0, 0.1) is 13.8 Å². The van der Waals surface area contributed by atoms with Crippen molar-refractivity contribution >= 4 is 48.9 Å². The van der Waals surface area contributed by atoms with Gasteiger partial charge in [0, 0.05) is 4.47 Å². The first-order chi connectivity index (χ1) is 9.72. The highest BCUT2D eigenvalue weighted by Gasteiger charge is 2.22. The molecule has 0 aliphatic carbocycles. The summed E-state index contributed by atoms with van der Waals surface area (Å²) in [5.74, 6) is 0. The second-order valence-electron chi connectivity index (χ2n) is 4.66. The number of rotatable bonds is 3. The first-order valence-electron chi connectivity index (χ1n) is 6.06. The second kappa shape index (κ2) is 5.87. The van der Waals surface area contributed by atoms with Crippen molar-refractivity contribution in [1.82, 2.24) is 0 Å². The number of sulfonamides is 1. The van der Waals surface area contributed by atoms with Gasteiger partial charge < -0.3 is 5.73 Å². The van der Waals surface area contributed by atoms with Crippen molar-refractivity contribution in [2.24, 2.45) is 0 Å². The van der Waals surface area contributed by atoms with Crippen LogP contribution in [0.4, 0.5) is 11.4 Å². The Kier molecular flexibility index (Phi) is 4.51. The molecule has 2 rings (SSSR count). The van der Waals surface area contributed by atoms with Crippen LogP contribution in [0.3, 0.4) is 0 Å². The Hall–Kier alpha value is -1.24. The van der Waals surface area contributed by atoms with E-state index in [1.54, 1.807) is 37.3 Å². The zero-order valence-corrected chi connectivity index (χ0v) is 14.6. The fourth-order valence-electron chi connectivity index (χ4n) is 1.94. The highest BCUT2D eigenvalue weighted by molar-refractivity contribution is 9.10. The van der Waals surface area contributed by atoms with Crippen molar-refractivity contribution in [3.8, 4) is 0 Å². The van der Waals surface area contributed by atoms with Gasteiger partial charge in [-0.2, -0.15) is 0 Å². The van der Waals surface area contributed by atoms with Crippen LogP contribution in [0.15, 0.2) is 39.7 Å². The molecule has 112 valence electrons. The molecule has 0 saturated carbocycles. The van der Waals surface area contributed by atoms with Crippen molar-refractivity contribution in [2.75, 3.05) is 10.5 Å². The summed E-state index contributed by atoms with van der Waals surface area (Å²) in [7, 11) is -3.82. The van der Waals surface area contributed by atoms with E-state index >= 15 is 0 Å². The van der Waals surface area contributed by atoms with Gasteiger partial charge in [0.05, 0.1) is 16.4 Å². The molecule has 0 unspecified atom stereocenters. The van der Waals surface area contributed by atoms with Gasteiger partial charge in [-0.25, -0.2) is 8.42 Å². The molecular weight excluding hydrogens is 376 g/mol. The van der Waals surface area contributed by atoms with E-state index in [1.807, 2.05) is 6.92 Å². The summed E-state index contributed by atoms with van der Waals surface area (Å²) in [5, 5.41) is 0.311. The average molecular weight is 390 g/mol. The molecule has 3 N–H and O–H groups in total. The smallest absolute Gasteiger partial charge is 0.264 e. The number of nitrogens with one attached hydrogen (secondary N) is 1. The van der Waals surface area contributed by atoms with Crippen LogP contribution >= 0.6 is 27.5 Å². The van der Waals surface area contributed by atoms with E-state index < -0.39 is 10.0 Å². The number of nitrogens with two attached hydrogens (primary N) is 1. The maximum absolute atomic E-state index is 12.6. The molecule has 0 radical (unpaired) electrons. The lowest BCUT2D eigenvalue weighted by Crippen LogP contribution is -2.17. The molecule has 21 heavy (non-hydrogen) atoms. The molecule has 0 spiro atoms. The maximum Gasteiger partial charge on any atom is 0.264 e. The fourth-order valence-corrected chi connectivity index (χ4v) is 4.02. The Morgan fingerprint density at radius 1 is 1.19 bits per heavy atom. The summed E-state index contributed by atoms with van der Waals surface area (Å²) in [6.45, 7) is 3.56. The standard InChI is InChI=1S/C14H14BrClN2O2S/c1-8-3-6-12(17)14(9(8)2)21(19,20)18-13-7-10(15)4-5-11(13)16/h3-7,18H,17H2,1-2H3. The molecule has 0 aliphatic rings. The van der Waals surface area contributed by atoms with E-state index in [-0.39, 0.29) is 10.6 Å². The predicted octanol–water partition coefficient (Wildman–Crippen LogP) is 4.10. The normalized spacial score (nSPS) is 11.4. The first-order valence-corrected chi connectivity index (χ1v) is 8.71. The lowest BCUT2D eigenvalue weighted by Gasteiger charge is -2.15. The number of aryl methyl sites for hydroxylation is 1. The zero-order valence-electron chi connectivity index (χ0n) is 11.4. The van der Waals surface area contributed by atoms with Gasteiger partial charge in [0.25, 0.3) is 10.0 Å². The molecule has 0 saturated heterocycles. The summed E-state index contributed by atoms with van der Waals surface area (Å²) in [6, 6.07) is 8.30. The number of hydrogen-bond donors (Lipinski definition) is 2. The minimum absolute atomic E-state index is 0.0820. The van der Waals surface area contributed by atoms with Crippen molar-refractivity contribution in [3.05, 3.63) is 51.0 Å². The molecule has 0 heterocycles. The lowest BCUT2D eigenvalue weighted by atomic mass is 10.1. The summed E-state index contributed by atoms with van der Waals surface area (Å²) in [5.41, 5.74) is 7.81. The van der Waals surface area contributed by atoms with Gasteiger partial charge in [-0.15, -0.1) is 0 Å². The zero-order chi connectivity index (χ0) is 15.8. The van der Waals surface area contributed by atoms with Gasteiger partial charge >= 0.3 is 0 Å². The van der Waals surface area contributed by atoms with Crippen molar-refractivity contribution < 1.29 is 8.42 Å². The molecule has 0 fully saturated rings. The number of anilines is 2. The van der Waals surface area contributed by atoms with E-state index in [0.29, 0.717) is 16.3 Å². The average Bonchev–Trinajstić information content (AvgIpc) is 2.38. The van der Waals surface area contributed by atoms with Crippen LogP contribution in [0.1, 0.15) is 11.1 Å². The molecule has 0 amide bonds. The first kappa shape index (κ1) is 16.1. The quantitative estimate of drug-likeness (QED) is 0.776. The third kappa shape index (κ3) is 3.33. The van der Waals surface area contributed by atoms with E-state index in [9.17, 15) is 8.42 Å². The highest BCUT2D eigenvalue weighted by Crippen LogP contribution is 2.31. The number of hydrogen-bond acceptors (Lipinski definition) is 3. The molecule has 4 nitrogen and oxygen atoms in total. The third-order valence-corrected chi connectivity index (χ3v) is 5.54. The molecule has 0 aromatic heterocycles. The van der Waals surface area contributed by atoms with Gasteiger partial charge in [0.1, 0.15) is 4.90 Å². The Morgan fingerprint density at radius 3 is 2.52 bits per heavy atom. The van der Waals surface area contributed by atoms with Crippen LogP contribution in [-0.2, 0) is 10.0 Å². The van der Waals surface area contributed by atoms with Crippen molar-refractivity contribution in [3.63, 3.8) is 0 Å². The minimum Gasteiger partial charge on any atom is -0.398 e. The van der Waals surface area contributed by atoms with Crippen LogP contribution in [0.25, 0.3) is 0 Å². The number of halogens is 2. The summed E-state index contributed by atoms with van der Waals surface area (Å²) >= 11 is 9.30. The predicted molar refractivity (Wildman–Crippen MR) is 90.3 cm³/mol. The van der Waals surface area contributed by atoms with E-state index in [2.05, 4.69) is 20.7 Å². The fraction of sp³-hybridized carbons (Fsp3) is 0.143. The summed E-state index contributed by atoms with van der Waals surface area (Å²) < 4.78 is 28.4. The topological polar surface area (TPSA) is 72.2 Å². The van der Waals surface area contributed by atoms with E-state index in [4.69, 9.17) is 17.3 Å². The molecule has 2 aromatic carbocycles. The number of benzene rings is 2. The molecular formula is C14H14BrClN2O2S. The lowest BCUT2D eigenvalue weighted by molar-refractivity contribution is 0.601.